The fraction of sp³-hybridized carbons (Fsp3) is 0.231. The Hall–Kier alpha value is -2.14. The molecule has 18 heavy (non-hydrogen) atoms. The van der Waals surface area contributed by atoms with Gasteiger partial charge in [0.05, 0.1) is 7.11 Å². The maximum absolute atomic E-state index is 11.7. The molecule has 0 saturated carbocycles. The second-order valence-corrected chi connectivity index (χ2v) is 3.63. The molecule has 0 aliphatic carbocycles. The first-order valence-electron chi connectivity index (χ1n) is 5.38. The number of carbonyl (C=O) groups is 2. The number of ether oxygens (including phenoxy) is 3. The van der Waals surface area contributed by atoms with Crippen LogP contribution in [0.1, 0.15) is 11.7 Å². The Morgan fingerprint density at radius 3 is 2.67 bits per heavy atom. The van der Waals surface area contributed by atoms with Crippen LogP contribution in [0.15, 0.2) is 42.5 Å². The van der Waals surface area contributed by atoms with Crippen LogP contribution in [-0.4, -0.2) is 25.3 Å². The molecule has 1 aromatic carbocycles. The highest BCUT2D eigenvalue weighted by molar-refractivity contribution is 5.95. The summed E-state index contributed by atoms with van der Waals surface area (Å²) >= 11 is 0. The highest BCUT2D eigenvalue weighted by Crippen LogP contribution is 2.25. The summed E-state index contributed by atoms with van der Waals surface area (Å²) in [4.78, 5) is 22.7. The van der Waals surface area contributed by atoms with Gasteiger partial charge in [-0.25, -0.2) is 4.79 Å². The minimum absolute atomic E-state index is 0.189. The van der Waals surface area contributed by atoms with Crippen LogP contribution in [0.5, 0.6) is 0 Å². The maximum atomic E-state index is 11.7. The van der Waals surface area contributed by atoms with Gasteiger partial charge in [0.1, 0.15) is 6.10 Å². The maximum Gasteiger partial charge on any atom is 0.510 e. The molecule has 5 heteroatoms. The van der Waals surface area contributed by atoms with Gasteiger partial charge in [-0.3, -0.25) is 4.79 Å². The predicted molar refractivity (Wildman–Crippen MR) is 61.7 cm³/mol. The van der Waals surface area contributed by atoms with Crippen LogP contribution >= 0.6 is 0 Å². The summed E-state index contributed by atoms with van der Waals surface area (Å²) < 4.78 is 14.6. The summed E-state index contributed by atoms with van der Waals surface area (Å²) in [5, 5.41) is 0. The van der Waals surface area contributed by atoms with Crippen molar-refractivity contribution in [2.45, 2.75) is 12.4 Å². The lowest BCUT2D eigenvalue weighted by Crippen LogP contribution is -2.29. The minimum atomic E-state index is -0.916. The molecule has 0 bridgehead atoms. The molecule has 0 aromatic heterocycles. The molecule has 0 amide bonds. The molecule has 0 fully saturated rings. The quantitative estimate of drug-likeness (QED) is 0.749. The van der Waals surface area contributed by atoms with Crippen molar-refractivity contribution in [2.75, 3.05) is 7.11 Å². The van der Waals surface area contributed by atoms with E-state index in [0.717, 1.165) is 0 Å². The second-order valence-electron chi connectivity index (χ2n) is 3.63. The second kappa shape index (κ2) is 5.46. The Bertz CT molecular complexity index is 466. The molecular weight excluding hydrogens is 236 g/mol. The van der Waals surface area contributed by atoms with E-state index < -0.39 is 18.5 Å². The molecular formula is C13H12O5. The molecule has 1 aliphatic rings. The summed E-state index contributed by atoms with van der Waals surface area (Å²) in [5.74, 6) is -0.189. The van der Waals surface area contributed by atoms with Gasteiger partial charge in [-0.05, 0) is 17.7 Å². The summed E-state index contributed by atoms with van der Waals surface area (Å²) in [6.45, 7) is 0. The molecule has 1 aromatic rings. The van der Waals surface area contributed by atoms with Crippen LogP contribution in [-0.2, 0) is 19.0 Å². The van der Waals surface area contributed by atoms with E-state index in [-0.39, 0.29) is 5.78 Å². The number of ketones is 1. The third-order valence-electron chi connectivity index (χ3n) is 2.43. The van der Waals surface area contributed by atoms with E-state index in [9.17, 15) is 9.59 Å². The van der Waals surface area contributed by atoms with E-state index in [4.69, 9.17) is 9.47 Å². The number of carbonyl (C=O) groups excluding carboxylic acids is 2. The number of methoxy groups -OCH3 is 1. The molecule has 0 spiro atoms. The summed E-state index contributed by atoms with van der Waals surface area (Å²) in [5.41, 5.74) is 0.713. The van der Waals surface area contributed by atoms with Crippen LogP contribution in [0.2, 0.25) is 0 Å². The highest BCUT2D eigenvalue weighted by atomic mass is 16.8. The van der Waals surface area contributed by atoms with Gasteiger partial charge < -0.3 is 14.2 Å². The fourth-order valence-electron chi connectivity index (χ4n) is 1.59. The van der Waals surface area contributed by atoms with E-state index in [1.54, 1.807) is 24.3 Å². The topological polar surface area (TPSA) is 61.8 Å². The van der Waals surface area contributed by atoms with Crippen LogP contribution < -0.4 is 0 Å². The van der Waals surface area contributed by atoms with Crippen molar-refractivity contribution >= 4 is 11.9 Å². The van der Waals surface area contributed by atoms with Gasteiger partial charge >= 0.3 is 6.16 Å². The zero-order valence-electron chi connectivity index (χ0n) is 9.74. The van der Waals surface area contributed by atoms with Crippen molar-refractivity contribution in [3.05, 3.63) is 48.0 Å². The van der Waals surface area contributed by atoms with Crippen LogP contribution in [0.25, 0.3) is 0 Å². The first-order valence-corrected chi connectivity index (χ1v) is 5.38. The Labute approximate surface area is 104 Å². The summed E-state index contributed by atoms with van der Waals surface area (Å²) in [6.07, 6.45) is 0.185. The van der Waals surface area contributed by atoms with Crippen molar-refractivity contribution in [1.29, 1.82) is 0 Å². The lowest BCUT2D eigenvalue weighted by Gasteiger charge is -2.24. The van der Waals surface area contributed by atoms with Crippen molar-refractivity contribution in [1.82, 2.24) is 0 Å². The third kappa shape index (κ3) is 2.75. The van der Waals surface area contributed by atoms with Crippen LogP contribution in [0, 0.1) is 0 Å². The fourth-order valence-corrected chi connectivity index (χ4v) is 1.59. The van der Waals surface area contributed by atoms with Gasteiger partial charge in [-0.15, -0.1) is 0 Å². The smallest absolute Gasteiger partial charge is 0.438 e. The van der Waals surface area contributed by atoms with Crippen LogP contribution in [0.3, 0.4) is 0 Å². The van der Waals surface area contributed by atoms with Gasteiger partial charge in [-0.2, -0.15) is 0 Å². The lowest BCUT2D eigenvalue weighted by molar-refractivity contribution is -0.154. The van der Waals surface area contributed by atoms with Gasteiger partial charge in [0.2, 0.25) is 6.29 Å². The first-order chi connectivity index (χ1) is 8.70. The average molecular weight is 248 g/mol. The normalized spacial score (nSPS) is 22.6. The zero-order chi connectivity index (χ0) is 13.0. The first kappa shape index (κ1) is 12.3. The molecule has 0 radical (unpaired) electrons. The van der Waals surface area contributed by atoms with E-state index in [1.165, 1.54) is 19.3 Å². The summed E-state index contributed by atoms with van der Waals surface area (Å²) in [6, 6.07) is 9.00. The van der Waals surface area contributed by atoms with Gasteiger partial charge in [0.25, 0.3) is 0 Å². The average Bonchev–Trinajstić information content (AvgIpc) is 2.42. The van der Waals surface area contributed by atoms with Crippen molar-refractivity contribution in [3.8, 4) is 0 Å². The van der Waals surface area contributed by atoms with E-state index in [1.807, 2.05) is 6.07 Å². The molecule has 1 heterocycles. The summed E-state index contributed by atoms with van der Waals surface area (Å²) in [7, 11) is 1.20. The molecule has 94 valence electrons. The molecule has 2 atom stereocenters. The molecule has 0 N–H and O–H groups in total. The van der Waals surface area contributed by atoms with Crippen molar-refractivity contribution in [3.63, 3.8) is 0 Å². The van der Waals surface area contributed by atoms with Gasteiger partial charge in [0.15, 0.2) is 5.78 Å². The number of rotatable bonds is 2. The number of benzene rings is 1. The van der Waals surface area contributed by atoms with Crippen molar-refractivity contribution in [2.24, 2.45) is 0 Å². The highest BCUT2D eigenvalue weighted by Gasteiger charge is 2.28. The van der Waals surface area contributed by atoms with E-state index in [2.05, 4.69) is 4.74 Å². The standard InChI is InChI=1S/C13H12O5/c1-16-13(15)18-11-8-7-10(14)12(17-11)9-5-3-2-4-6-9/h2-8,11-12H,1H3. The largest absolute Gasteiger partial charge is 0.510 e. The van der Waals surface area contributed by atoms with Crippen LogP contribution in [0.4, 0.5) is 4.79 Å². The Morgan fingerprint density at radius 2 is 2.00 bits per heavy atom. The SMILES string of the molecule is COC(=O)OC1C=CC(=O)C(c2ccccc2)O1. The zero-order valence-corrected chi connectivity index (χ0v) is 9.74. The van der Waals surface area contributed by atoms with Crippen molar-refractivity contribution < 1.29 is 23.8 Å². The minimum Gasteiger partial charge on any atom is -0.438 e. The monoisotopic (exact) mass is 248 g/mol. The third-order valence-corrected chi connectivity index (χ3v) is 2.43. The Balaban J connectivity index is 2.12. The Morgan fingerprint density at radius 1 is 1.28 bits per heavy atom. The Kier molecular flexibility index (Phi) is 3.74. The predicted octanol–water partition coefficient (Wildman–Crippen LogP) is 1.99. The van der Waals surface area contributed by atoms with E-state index >= 15 is 0 Å². The molecule has 2 unspecified atom stereocenters. The van der Waals surface area contributed by atoms with Gasteiger partial charge in [-0.1, -0.05) is 30.3 Å². The van der Waals surface area contributed by atoms with E-state index in [0.29, 0.717) is 5.56 Å². The molecule has 2 rings (SSSR count). The number of hydrogen-bond donors (Lipinski definition) is 0. The van der Waals surface area contributed by atoms with Gasteiger partial charge in [0, 0.05) is 0 Å². The molecule has 5 nitrogen and oxygen atoms in total. The lowest BCUT2D eigenvalue weighted by atomic mass is 10.0. The molecule has 1 aliphatic heterocycles. The molecule has 0 saturated heterocycles. The number of hydrogen-bond acceptors (Lipinski definition) is 5.